The first kappa shape index (κ1) is 13.5. The van der Waals surface area contributed by atoms with Crippen molar-refractivity contribution >= 4 is 17.5 Å². The topological polar surface area (TPSA) is 69.0 Å². The molecule has 1 aromatic heterocycles. The van der Waals surface area contributed by atoms with E-state index in [9.17, 15) is 4.79 Å². The third-order valence-electron chi connectivity index (χ3n) is 2.39. The molecule has 0 radical (unpaired) electrons. The van der Waals surface area contributed by atoms with E-state index in [1.54, 1.807) is 31.5 Å². The molecule has 0 unspecified atom stereocenters. The van der Waals surface area contributed by atoms with Crippen LogP contribution in [-0.4, -0.2) is 41.2 Å². The summed E-state index contributed by atoms with van der Waals surface area (Å²) < 4.78 is 6.34. The monoisotopic (exact) mass is 280 g/mol. The van der Waals surface area contributed by atoms with Crippen LogP contribution in [0.5, 0.6) is 0 Å². The zero-order chi connectivity index (χ0) is 13.7. The predicted octanol–water partition coefficient (Wildman–Crippen LogP) is 1.30. The number of amides is 1. The molecule has 19 heavy (non-hydrogen) atoms. The molecular formula is C12H13ClN4O2. The number of nitrogens with one attached hydrogen (secondary N) is 1. The lowest BCUT2D eigenvalue weighted by atomic mass is 10.3. The van der Waals surface area contributed by atoms with Crippen molar-refractivity contribution in [2.45, 2.75) is 0 Å². The molecule has 0 spiro atoms. The summed E-state index contributed by atoms with van der Waals surface area (Å²) >= 11 is 5.89. The van der Waals surface area contributed by atoms with Crippen molar-refractivity contribution in [2.24, 2.45) is 0 Å². The van der Waals surface area contributed by atoms with Crippen molar-refractivity contribution < 1.29 is 9.53 Å². The van der Waals surface area contributed by atoms with Gasteiger partial charge in [-0.05, 0) is 18.2 Å². The Balaban J connectivity index is 2.08. The molecule has 0 fully saturated rings. The minimum atomic E-state index is -0.287. The van der Waals surface area contributed by atoms with E-state index in [0.717, 1.165) is 5.69 Å². The van der Waals surface area contributed by atoms with Crippen LogP contribution in [0.2, 0.25) is 5.02 Å². The van der Waals surface area contributed by atoms with Gasteiger partial charge >= 0.3 is 0 Å². The molecule has 2 rings (SSSR count). The maximum absolute atomic E-state index is 11.7. The minimum absolute atomic E-state index is 0.246. The summed E-state index contributed by atoms with van der Waals surface area (Å²) in [5.41, 5.74) is 0.993. The van der Waals surface area contributed by atoms with E-state index in [2.05, 4.69) is 15.6 Å². The average molecular weight is 281 g/mol. The van der Waals surface area contributed by atoms with Crippen LogP contribution in [0.15, 0.2) is 30.5 Å². The van der Waals surface area contributed by atoms with Crippen molar-refractivity contribution in [3.05, 3.63) is 41.2 Å². The van der Waals surface area contributed by atoms with E-state index in [0.29, 0.717) is 18.2 Å². The molecular weight excluding hydrogens is 268 g/mol. The molecule has 0 saturated heterocycles. The van der Waals surface area contributed by atoms with E-state index in [1.807, 2.05) is 6.07 Å². The number of methoxy groups -OCH3 is 1. The summed E-state index contributed by atoms with van der Waals surface area (Å²) in [6, 6.07) is 7.13. The van der Waals surface area contributed by atoms with Crippen molar-refractivity contribution in [3.63, 3.8) is 0 Å². The molecule has 0 atom stereocenters. The van der Waals surface area contributed by atoms with Crippen molar-refractivity contribution in [1.29, 1.82) is 0 Å². The smallest absolute Gasteiger partial charge is 0.273 e. The Morgan fingerprint density at radius 2 is 2.37 bits per heavy atom. The molecule has 0 saturated carbocycles. The fourth-order valence-electron chi connectivity index (χ4n) is 1.47. The Kier molecular flexibility index (Phi) is 4.48. The van der Waals surface area contributed by atoms with Gasteiger partial charge in [-0.25, -0.2) is 4.68 Å². The van der Waals surface area contributed by atoms with Crippen LogP contribution in [0.3, 0.4) is 0 Å². The third kappa shape index (κ3) is 3.52. The Morgan fingerprint density at radius 1 is 1.53 bits per heavy atom. The largest absolute Gasteiger partial charge is 0.383 e. The van der Waals surface area contributed by atoms with Crippen LogP contribution in [0.1, 0.15) is 10.5 Å². The van der Waals surface area contributed by atoms with Crippen LogP contribution < -0.4 is 5.32 Å². The fourth-order valence-corrected chi connectivity index (χ4v) is 1.65. The zero-order valence-electron chi connectivity index (χ0n) is 10.3. The van der Waals surface area contributed by atoms with Gasteiger partial charge in [0.15, 0.2) is 5.69 Å². The SMILES string of the molecule is COCCNC(=O)c1cn(-c2cccc(Cl)c2)nn1. The van der Waals surface area contributed by atoms with E-state index >= 15 is 0 Å². The number of aromatic nitrogens is 3. The second kappa shape index (κ2) is 6.31. The first-order valence-electron chi connectivity index (χ1n) is 5.66. The number of halogens is 1. The van der Waals surface area contributed by atoms with Gasteiger partial charge in [-0.15, -0.1) is 5.10 Å². The number of rotatable bonds is 5. The van der Waals surface area contributed by atoms with Gasteiger partial charge < -0.3 is 10.1 Å². The Hall–Kier alpha value is -1.92. The number of ether oxygens (including phenoxy) is 1. The highest BCUT2D eigenvalue weighted by Crippen LogP contribution is 2.13. The van der Waals surface area contributed by atoms with E-state index in [4.69, 9.17) is 16.3 Å². The highest BCUT2D eigenvalue weighted by molar-refractivity contribution is 6.30. The molecule has 1 heterocycles. The standard InChI is InChI=1S/C12H13ClN4O2/c1-19-6-5-14-12(18)11-8-17(16-15-11)10-4-2-3-9(13)7-10/h2-4,7-8H,5-6H2,1H3,(H,14,18). The molecule has 100 valence electrons. The second-order valence-corrected chi connectivity index (χ2v) is 4.21. The predicted molar refractivity (Wildman–Crippen MR) is 70.6 cm³/mol. The summed E-state index contributed by atoms with van der Waals surface area (Å²) in [6.07, 6.45) is 1.55. The lowest BCUT2D eigenvalue weighted by molar-refractivity contribution is 0.0932. The van der Waals surface area contributed by atoms with E-state index < -0.39 is 0 Å². The molecule has 6 nitrogen and oxygen atoms in total. The van der Waals surface area contributed by atoms with Crippen LogP contribution in [0.25, 0.3) is 5.69 Å². The molecule has 1 aromatic carbocycles. The van der Waals surface area contributed by atoms with Crippen LogP contribution in [0.4, 0.5) is 0 Å². The molecule has 0 aliphatic heterocycles. The normalized spacial score (nSPS) is 10.4. The van der Waals surface area contributed by atoms with Gasteiger partial charge in [-0.3, -0.25) is 4.79 Å². The van der Waals surface area contributed by atoms with Gasteiger partial charge in [-0.1, -0.05) is 22.9 Å². The molecule has 2 aromatic rings. The lowest BCUT2D eigenvalue weighted by Crippen LogP contribution is -2.27. The van der Waals surface area contributed by atoms with E-state index in [-0.39, 0.29) is 11.6 Å². The zero-order valence-corrected chi connectivity index (χ0v) is 11.1. The number of nitrogens with zero attached hydrogens (tertiary/aromatic N) is 3. The van der Waals surface area contributed by atoms with Crippen LogP contribution >= 0.6 is 11.6 Å². The van der Waals surface area contributed by atoms with Gasteiger partial charge in [-0.2, -0.15) is 0 Å². The molecule has 7 heteroatoms. The van der Waals surface area contributed by atoms with Gasteiger partial charge in [0, 0.05) is 18.7 Å². The van der Waals surface area contributed by atoms with Crippen LogP contribution in [-0.2, 0) is 4.74 Å². The number of hydrogen-bond acceptors (Lipinski definition) is 4. The summed E-state index contributed by atoms with van der Waals surface area (Å²) in [5, 5.41) is 11.0. The summed E-state index contributed by atoms with van der Waals surface area (Å²) in [5.74, 6) is -0.287. The molecule has 0 bridgehead atoms. The quantitative estimate of drug-likeness (QED) is 0.838. The molecule has 0 aliphatic carbocycles. The Labute approximate surface area is 115 Å². The number of benzene rings is 1. The second-order valence-electron chi connectivity index (χ2n) is 3.78. The maximum Gasteiger partial charge on any atom is 0.273 e. The number of hydrogen-bond donors (Lipinski definition) is 1. The Morgan fingerprint density at radius 3 is 3.11 bits per heavy atom. The summed E-state index contributed by atoms with van der Waals surface area (Å²) in [4.78, 5) is 11.7. The highest BCUT2D eigenvalue weighted by atomic mass is 35.5. The van der Waals surface area contributed by atoms with Crippen molar-refractivity contribution in [3.8, 4) is 5.69 Å². The maximum atomic E-state index is 11.7. The number of carbonyl (C=O) groups excluding carboxylic acids is 1. The summed E-state index contributed by atoms with van der Waals surface area (Å²) in [7, 11) is 1.57. The molecule has 0 aliphatic rings. The summed E-state index contributed by atoms with van der Waals surface area (Å²) in [6.45, 7) is 0.882. The number of carbonyl (C=O) groups is 1. The van der Waals surface area contributed by atoms with Crippen molar-refractivity contribution in [2.75, 3.05) is 20.3 Å². The Bertz CT molecular complexity index is 570. The first-order valence-corrected chi connectivity index (χ1v) is 6.04. The lowest BCUT2D eigenvalue weighted by Gasteiger charge is -2.01. The van der Waals surface area contributed by atoms with Gasteiger partial charge in [0.1, 0.15) is 0 Å². The van der Waals surface area contributed by atoms with Gasteiger partial charge in [0.2, 0.25) is 0 Å². The van der Waals surface area contributed by atoms with Gasteiger partial charge in [0.05, 0.1) is 18.5 Å². The average Bonchev–Trinajstić information content (AvgIpc) is 2.88. The third-order valence-corrected chi connectivity index (χ3v) is 2.63. The minimum Gasteiger partial charge on any atom is -0.383 e. The molecule has 1 N–H and O–H groups in total. The fraction of sp³-hybridized carbons (Fsp3) is 0.250. The first-order chi connectivity index (χ1) is 9.20. The van der Waals surface area contributed by atoms with E-state index in [1.165, 1.54) is 4.68 Å². The highest BCUT2D eigenvalue weighted by Gasteiger charge is 2.10. The van der Waals surface area contributed by atoms with Gasteiger partial charge in [0.25, 0.3) is 5.91 Å². The molecule has 1 amide bonds. The van der Waals surface area contributed by atoms with Crippen molar-refractivity contribution in [1.82, 2.24) is 20.3 Å². The van der Waals surface area contributed by atoms with Crippen LogP contribution in [0, 0.1) is 0 Å².